The number of nitrogens with zero attached hydrogens (tertiary/aromatic N) is 2. The van der Waals surface area contributed by atoms with Crippen LogP contribution in [0.5, 0.6) is 0 Å². The molecule has 1 aromatic heterocycles. The van der Waals surface area contributed by atoms with Crippen LogP contribution in [0.25, 0.3) is 0 Å². The molecule has 0 fully saturated rings. The van der Waals surface area contributed by atoms with Crippen LogP contribution in [0.4, 0.5) is 11.5 Å². The van der Waals surface area contributed by atoms with Gasteiger partial charge in [-0.1, -0.05) is 12.1 Å². The van der Waals surface area contributed by atoms with Crippen molar-refractivity contribution in [2.75, 3.05) is 37.5 Å². The van der Waals surface area contributed by atoms with E-state index < -0.39 is 11.9 Å². The highest BCUT2D eigenvalue weighted by atomic mass is 16.5. The van der Waals surface area contributed by atoms with E-state index in [0.717, 1.165) is 6.42 Å². The summed E-state index contributed by atoms with van der Waals surface area (Å²) < 4.78 is 9.98. The molecule has 0 aliphatic carbocycles. The van der Waals surface area contributed by atoms with Crippen molar-refractivity contribution in [3.8, 4) is 0 Å². The largest absolute Gasteiger partial charge is 0.462 e. The zero-order valence-electron chi connectivity index (χ0n) is 14.8. The molecule has 8 heteroatoms. The van der Waals surface area contributed by atoms with Gasteiger partial charge in [0.2, 0.25) is 0 Å². The minimum atomic E-state index is -0.494. The molecule has 0 saturated heterocycles. The van der Waals surface area contributed by atoms with E-state index in [1.165, 1.54) is 6.33 Å². The Morgan fingerprint density at radius 3 is 2.77 bits per heavy atom. The molecule has 2 N–H and O–H groups in total. The summed E-state index contributed by atoms with van der Waals surface area (Å²) >= 11 is 0. The van der Waals surface area contributed by atoms with Crippen molar-refractivity contribution in [2.24, 2.45) is 0 Å². The quantitative estimate of drug-likeness (QED) is 0.524. The van der Waals surface area contributed by atoms with Gasteiger partial charge in [0.05, 0.1) is 17.9 Å². The Kier molecular flexibility index (Phi) is 7.50. The van der Waals surface area contributed by atoms with Gasteiger partial charge in [-0.3, -0.25) is 4.79 Å². The van der Waals surface area contributed by atoms with Crippen LogP contribution in [0, 0.1) is 0 Å². The van der Waals surface area contributed by atoms with Crippen molar-refractivity contribution in [2.45, 2.75) is 13.3 Å². The van der Waals surface area contributed by atoms with Gasteiger partial charge >= 0.3 is 5.97 Å². The number of nitrogens with one attached hydrogen (secondary N) is 2. The molecule has 0 aliphatic rings. The minimum Gasteiger partial charge on any atom is -0.462 e. The number of rotatable bonds is 9. The van der Waals surface area contributed by atoms with Crippen LogP contribution in [-0.2, 0) is 9.47 Å². The van der Waals surface area contributed by atoms with E-state index >= 15 is 0 Å². The third-order valence-electron chi connectivity index (χ3n) is 3.40. The number of benzene rings is 1. The van der Waals surface area contributed by atoms with E-state index in [0.29, 0.717) is 24.7 Å². The third-order valence-corrected chi connectivity index (χ3v) is 3.40. The van der Waals surface area contributed by atoms with Crippen LogP contribution in [0.1, 0.15) is 34.2 Å². The fourth-order valence-corrected chi connectivity index (χ4v) is 2.18. The molecule has 138 valence electrons. The second-order valence-corrected chi connectivity index (χ2v) is 5.28. The van der Waals surface area contributed by atoms with Gasteiger partial charge in [0.15, 0.2) is 0 Å². The van der Waals surface area contributed by atoms with Gasteiger partial charge in [-0.25, -0.2) is 14.8 Å². The van der Waals surface area contributed by atoms with Crippen molar-refractivity contribution in [3.63, 3.8) is 0 Å². The van der Waals surface area contributed by atoms with Crippen molar-refractivity contribution < 1.29 is 19.1 Å². The van der Waals surface area contributed by atoms with Crippen molar-refractivity contribution in [1.29, 1.82) is 0 Å². The molecule has 26 heavy (non-hydrogen) atoms. The van der Waals surface area contributed by atoms with Gasteiger partial charge < -0.3 is 20.1 Å². The molecule has 0 atom stereocenters. The number of methoxy groups -OCH3 is 1. The van der Waals surface area contributed by atoms with E-state index in [4.69, 9.17) is 9.47 Å². The van der Waals surface area contributed by atoms with Crippen molar-refractivity contribution >= 4 is 23.4 Å². The smallest absolute Gasteiger partial charge is 0.340 e. The first-order valence-electron chi connectivity index (χ1n) is 8.28. The van der Waals surface area contributed by atoms with Crippen LogP contribution >= 0.6 is 0 Å². The molecule has 2 rings (SSSR count). The maximum absolute atomic E-state index is 12.5. The lowest BCUT2D eigenvalue weighted by Gasteiger charge is -2.10. The summed E-state index contributed by atoms with van der Waals surface area (Å²) in [5.74, 6) is -0.393. The Bertz CT molecular complexity index is 751. The fourth-order valence-electron chi connectivity index (χ4n) is 2.18. The molecule has 1 heterocycles. The number of aromatic nitrogens is 2. The van der Waals surface area contributed by atoms with Gasteiger partial charge in [-0.05, 0) is 25.5 Å². The van der Waals surface area contributed by atoms with E-state index in [1.54, 1.807) is 44.4 Å². The molecular formula is C18H22N4O4. The summed E-state index contributed by atoms with van der Waals surface area (Å²) in [6, 6.07) is 8.20. The lowest BCUT2D eigenvalue weighted by atomic mass is 10.1. The van der Waals surface area contributed by atoms with E-state index in [1.807, 2.05) is 0 Å². The van der Waals surface area contributed by atoms with Crippen LogP contribution in [-0.4, -0.2) is 48.7 Å². The molecule has 0 aliphatic heterocycles. The fraction of sp³-hybridized carbons (Fsp3) is 0.333. The number of para-hydroxylation sites is 1. The predicted molar refractivity (Wildman–Crippen MR) is 97.4 cm³/mol. The molecule has 8 nitrogen and oxygen atoms in total. The molecular weight excluding hydrogens is 336 g/mol. The lowest BCUT2D eigenvalue weighted by Crippen LogP contribution is -2.17. The Morgan fingerprint density at radius 1 is 1.19 bits per heavy atom. The maximum atomic E-state index is 12.5. The first kappa shape index (κ1) is 19.3. The zero-order valence-corrected chi connectivity index (χ0v) is 14.8. The first-order chi connectivity index (χ1) is 12.7. The van der Waals surface area contributed by atoms with Crippen molar-refractivity contribution in [1.82, 2.24) is 9.97 Å². The lowest BCUT2D eigenvalue weighted by molar-refractivity contribution is 0.0527. The summed E-state index contributed by atoms with van der Waals surface area (Å²) in [5, 5.41) is 5.79. The van der Waals surface area contributed by atoms with E-state index in [9.17, 15) is 9.59 Å². The van der Waals surface area contributed by atoms with Crippen LogP contribution in [0.15, 0.2) is 36.7 Å². The maximum Gasteiger partial charge on any atom is 0.340 e. The average Bonchev–Trinajstić information content (AvgIpc) is 2.66. The number of hydrogen-bond donors (Lipinski definition) is 2. The molecule has 0 saturated carbocycles. The normalized spacial score (nSPS) is 10.2. The molecule has 0 unspecified atom stereocenters. The first-order valence-corrected chi connectivity index (χ1v) is 8.28. The zero-order chi connectivity index (χ0) is 18.8. The second-order valence-electron chi connectivity index (χ2n) is 5.28. The number of carbonyl (C=O) groups excluding carboxylic acids is 2. The molecule has 1 amide bonds. The van der Waals surface area contributed by atoms with Gasteiger partial charge in [-0.15, -0.1) is 0 Å². The summed E-state index contributed by atoms with van der Waals surface area (Å²) in [6.07, 6.45) is 2.12. The van der Waals surface area contributed by atoms with Crippen LogP contribution in [0.2, 0.25) is 0 Å². The monoisotopic (exact) mass is 358 g/mol. The predicted octanol–water partition coefficient (Wildman–Crippen LogP) is 2.35. The van der Waals surface area contributed by atoms with Gasteiger partial charge in [-0.2, -0.15) is 0 Å². The van der Waals surface area contributed by atoms with Crippen molar-refractivity contribution in [3.05, 3.63) is 47.9 Å². The average molecular weight is 358 g/mol. The molecule has 2 aromatic rings. The van der Waals surface area contributed by atoms with Gasteiger partial charge in [0, 0.05) is 26.3 Å². The SMILES string of the molecule is CCOC(=O)c1ccccc1NC(=O)c1cc(NCCCOC)ncn1. The Balaban J connectivity index is 2.07. The highest BCUT2D eigenvalue weighted by Crippen LogP contribution is 2.17. The number of carbonyl (C=O) groups is 2. The summed E-state index contributed by atoms with van der Waals surface area (Å²) in [5.41, 5.74) is 0.840. The summed E-state index contributed by atoms with van der Waals surface area (Å²) in [7, 11) is 1.64. The Morgan fingerprint density at radius 2 is 2.00 bits per heavy atom. The van der Waals surface area contributed by atoms with Gasteiger partial charge in [0.1, 0.15) is 17.8 Å². The molecule has 1 aromatic carbocycles. The summed E-state index contributed by atoms with van der Waals surface area (Å²) in [4.78, 5) is 32.5. The number of esters is 1. The van der Waals surface area contributed by atoms with Crippen LogP contribution < -0.4 is 10.6 Å². The highest BCUT2D eigenvalue weighted by Gasteiger charge is 2.16. The summed E-state index contributed by atoms with van der Waals surface area (Å²) in [6.45, 7) is 3.28. The van der Waals surface area contributed by atoms with Gasteiger partial charge in [0.25, 0.3) is 5.91 Å². The number of anilines is 2. The molecule has 0 radical (unpaired) electrons. The van der Waals surface area contributed by atoms with Crippen LogP contribution in [0.3, 0.4) is 0 Å². The Labute approximate surface area is 151 Å². The Hall–Kier alpha value is -3.00. The second kappa shape index (κ2) is 10.1. The van der Waals surface area contributed by atoms with E-state index in [-0.39, 0.29) is 17.9 Å². The minimum absolute atomic E-state index is 0.188. The topological polar surface area (TPSA) is 102 Å². The molecule has 0 spiro atoms. The number of ether oxygens (including phenoxy) is 2. The highest BCUT2D eigenvalue weighted by molar-refractivity contribution is 6.07. The number of hydrogen-bond acceptors (Lipinski definition) is 7. The third kappa shape index (κ3) is 5.52. The molecule has 0 bridgehead atoms. The standard InChI is InChI=1S/C18H22N4O4/c1-3-26-18(24)13-7-4-5-8-14(13)22-17(23)15-11-16(21-12-20-15)19-9-6-10-25-2/h4-5,7-8,11-12H,3,6,9-10H2,1-2H3,(H,22,23)(H,19,20,21). The van der Waals surface area contributed by atoms with E-state index in [2.05, 4.69) is 20.6 Å². The number of amides is 1.